The van der Waals surface area contributed by atoms with Gasteiger partial charge in [0.1, 0.15) is 18.4 Å². The minimum atomic E-state index is -1.06. The molecule has 26 heavy (non-hydrogen) atoms. The predicted octanol–water partition coefficient (Wildman–Crippen LogP) is 1.94. The van der Waals surface area contributed by atoms with Gasteiger partial charge >= 0.3 is 5.97 Å². The summed E-state index contributed by atoms with van der Waals surface area (Å²) in [4.78, 5) is 37.1. The van der Waals surface area contributed by atoms with Gasteiger partial charge in [-0.3, -0.25) is 9.59 Å². The van der Waals surface area contributed by atoms with E-state index in [2.05, 4.69) is 5.32 Å². The summed E-state index contributed by atoms with van der Waals surface area (Å²) in [5, 5.41) is 12.1. The molecule has 1 aromatic rings. The van der Waals surface area contributed by atoms with Crippen LogP contribution in [-0.4, -0.2) is 53.5 Å². The number of benzene rings is 1. The molecule has 1 aliphatic heterocycles. The summed E-state index contributed by atoms with van der Waals surface area (Å²) in [6, 6.07) is 6.14. The zero-order valence-electron chi connectivity index (χ0n) is 14.6. The third kappa shape index (κ3) is 5.36. The Labute approximate surface area is 157 Å². The van der Waals surface area contributed by atoms with Crippen LogP contribution in [0.4, 0.5) is 0 Å². The highest BCUT2D eigenvalue weighted by Crippen LogP contribution is 2.23. The Morgan fingerprint density at radius 2 is 2.15 bits per heavy atom. The molecular weight excluding hydrogens is 360 g/mol. The minimum absolute atomic E-state index is 0.0798. The van der Waals surface area contributed by atoms with Crippen LogP contribution in [0.5, 0.6) is 5.75 Å². The zero-order valence-corrected chi connectivity index (χ0v) is 15.4. The van der Waals surface area contributed by atoms with E-state index in [4.69, 9.17) is 21.4 Å². The summed E-state index contributed by atoms with van der Waals surface area (Å²) in [6.07, 6.45) is 1.08. The zero-order chi connectivity index (χ0) is 19.1. The van der Waals surface area contributed by atoms with Gasteiger partial charge in [0.2, 0.25) is 11.8 Å². The molecule has 1 fully saturated rings. The second kappa shape index (κ2) is 9.43. The maximum Gasteiger partial charge on any atom is 0.326 e. The molecule has 8 heteroatoms. The van der Waals surface area contributed by atoms with Gasteiger partial charge in [-0.05, 0) is 18.6 Å². The van der Waals surface area contributed by atoms with Crippen LogP contribution < -0.4 is 10.1 Å². The summed E-state index contributed by atoms with van der Waals surface area (Å²) in [6.45, 7) is 2.71. The molecule has 142 valence electrons. The molecule has 2 unspecified atom stereocenters. The minimum Gasteiger partial charge on any atom is -0.490 e. The number of halogens is 1. The van der Waals surface area contributed by atoms with Gasteiger partial charge in [-0.2, -0.15) is 0 Å². The Morgan fingerprint density at radius 3 is 2.81 bits per heavy atom. The number of nitrogens with zero attached hydrogens (tertiary/aromatic N) is 1. The number of hydrogen-bond donors (Lipinski definition) is 2. The Bertz CT molecular complexity index is 667. The lowest BCUT2D eigenvalue weighted by Gasteiger charge is -2.18. The van der Waals surface area contributed by atoms with Gasteiger partial charge in [-0.25, -0.2) is 4.79 Å². The molecule has 2 amide bonds. The van der Waals surface area contributed by atoms with Crippen molar-refractivity contribution in [2.75, 3.05) is 19.7 Å². The van der Waals surface area contributed by atoms with Crippen molar-refractivity contribution < 1.29 is 24.2 Å². The van der Waals surface area contributed by atoms with Crippen LogP contribution in [0.25, 0.3) is 0 Å². The molecule has 2 N–H and O–H groups in total. The number of carboxylic acids is 1. The van der Waals surface area contributed by atoms with E-state index >= 15 is 0 Å². The van der Waals surface area contributed by atoms with Crippen molar-refractivity contribution in [1.82, 2.24) is 10.2 Å². The number of nitrogens with one attached hydrogen (secondary N) is 1. The van der Waals surface area contributed by atoms with Crippen LogP contribution in [-0.2, 0) is 14.4 Å². The van der Waals surface area contributed by atoms with Crippen molar-refractivity contribution in [2.24, 2.45) is 5.92 Å². The fourth-order valence-corrected chi connectivity index (χ4v) is 3.02. The summed E-state index contributed by atoms with van der Waals surface area (Å²) in [5.41, 5.74) is 0. The highest BCUT2D eigenvalue weighted by Gasteiger charge is 2.35. The van der Waals surface area contributed by atoms with Crippen LogP contribution in [0.1, 0.15) is 26.2 Å². The van der Waals surface area contributed by atoms with Gasteiger partial charge in [0.05, 0.1) is 17.5 Å². The van der Waals surface area contributed by atoms with Crippen LogP contribution >= 0.6 is 11.6 Å². The fourth-order valence-electron chi connectivity index (χ4n) is 2.83. The van der Waals surface area contributed by atoms with E-state index < -0.39 is 23.8 Å². The quantitative estimate of drug-likeness (QED) is 0.680. The van der Waals surface area contributed by atoms with Gasteiger partial charge in [-0.1, -0.05) is 37.1 Å². The molecule has 0 radical (unpaired) electrons. The number of hydrogen-bond acceptors (Lipinski definition) is 4. The van der Waals surface area contributed by atoms with Gasteiger partial charge in [0, 0.05) is 13.0 Å². The first kappa shape index (κ1) is 20.0. The maximum absolute atomic E-state index is 12.3. The number of aliphatic carboxylic acids is 1. The number of carbonyl (C=O) groups excluding carboxylic acids is 2. The Hall–Kier alpha value is -2.28. The van der Waals surface area contributed by atoms with E-state index in [-0.39, 0.29) is 25.5 Å². The number of amides is 2. The topological polar surface area (TPSA) is 95.9 Å². The maximum atomic E-state index is 12.3. The number of rotatable bonds is 9. The molecule has 1 saturated heterocycles. The molecule has 0 saturated carbocycles. The highest BCUT2D eigenvalue weighted by molar-refractivity contribution is 6.32. The van der Waals surface area contributed by atoms with Crippen LogP contribution in [0, 0.1) is 5.92 Å². The smallest absolute Gasteiger partial charge is 0.326 e. The van der Waals surface area contributed by atoms with Crippen molar-refractivity contribution in [3.63, 3.8) is 0 Å². The number of para-hydroxylation sites is 1. The normalized spacial score (nSPS) is 17.8. The molecular formula is C18H23ClN2O5. The molecule has 1 aromatic carbocycles. The molecule has 1 heterocycles. The second-order valence-corrected chi connectivity index (χ2v) is 6.61. The first-order valence-electron chi connectivity index (χ1n) is 8.60. The van der Waals surface area contributed by atoms with Crippen LogP contribution in [0.15, 0.2) is 24.3 Å². The fraction of sp³-hybridized carbons (Fsp3) is 0.500. The Kier molecular flexibility index (Phi) is 7.26. The average Bonchev–Trinajstić information content (AvgIpc) is 2.97. The van der Waals surface area contributed by atoms with E-state index in [0.717, 1.165) is 0 Å². The number of ether oxygens (including phenoxy) is 1. The summed E-state index contributed by atoms with van der Waals surface area (Å²) in [7, 11) is 0. The second-order valence-electron chi connectivity index (χ2n) is 6.21. The molecule has 2 atom stereocenters. The van der Waals surface area contributed by atoms with Crippen molar-refractivity contribution in [3.05, 3.63) is 29.3 Å². The standard InChI is InChI=1S/C18H23ClN2O5/c1-2-5-14(18(24)25)20-17(23)12-10-16(22)21(11-12)8-9-26-15-7-4-3-6-13(15)19/h3-4,6-7,12,14H,2,5,8-11H2,1H3,(H,20,23)(H,24,25). The Morgan fingerprint density at radius 1 is 1.42 bits per heavy atom. The van der Waals surface area contributed by atoms with Crippen LogP contribution in [0.2, 0.25) is 5.02 Å². The molecule has 0 aromatic heterocycles. The lowest BCUT2D eigenvalue weighted by Crippen LogP contribution is -2.44. The Balaban J connectivity index is 1.82. The van der Waals surface area contributed by atoms with Crippen molar-refractivity contribution in [2.45, 2.75) is 32.2 Å². The highest BCUT2D eigenvalue weighted by atomic mass is 35.5. The predicted molar refractivity (Wildman–Crippen MR) is 96.1 cm³/mol. The van der Waals surface area contributed by atoms with E-state index in [1.807, 2.05) is 6.92 Å². The lowest BCUT2D eigenvalue weighted by molar-refractivity contribution is -0.142. The van der Waals surface area contributed by atoms with Crippen LogP contribution in [0.3, 0.4) is 0 Å². The van der Waals surface area contributed by atoms with Crippen molar-refractivity contribution in [3.8, 4) is 5.75 Å². The first-order valence-corrected chi connectivity index (χ1v) is 8.98. The number of carboxylic acid groups (broad SMARTS) is 1. The van der Waals surface area contributed by atoms with Crippen molar-refractivity contribution >= 4 is 29.4 Å². The first-order chi connectivity index (χ1) is 12.4. The summed E-state index contributed by atoms with van der Waals surface area (Å²) in [5.74, 6) is -1.60. The van der Waals surface area contributed by atoms with E-state index in [1.165, 1.54) is 0 Å². The monoisotopic (exact) mass is 382 g/mol. The van der Waals surface area contributed by atoms with E-state index in [1.54, 1.807) is 29.2 Å². The summed E-state index contributed by atoms with van der Waals surface area (Å²) >= 11 is 6.01. The van der Waals surface area contributed by atoms with Gasteiger partial charge in [0.15, 0.2) is 0 Å². The summed E-state index contributed by atoms with van der Waals surface area (Å²) < 4.78 is 5.57. The molecule has 1 aliphatic rings. The largest absolute Gasteiger partial charge is 0.490 e. The molecule has 0 spiro atoms. The van der Waals surface area contributed by atoms with Gasteiger partial charge in [0.25, 0.3) is 0 Å². The van der Waals surface area contributed by atoms with Gasteiger partial charge < -0.3 is 20.1 Å². The molecule has 0 bridgehead atoms. The van der Waals surface area contributed by atoms with Gasteiger partial charge in [-0.15, -0.1) is 0 Å². The number of carbonyl (C=O) groups is 3. The van der Waals surface area contributed by atoms with E-state index in [0.29, 0.717) is 30.2 Å². The lowest BCUT2D eigenvalue weighted by atomic mass is 10.1. The van der Waals surface area contributed by atoms with E-state index in [9.17, 15) is 14.4 Å². The third-order valence-corrected chi connectivity index (χ3v) is 4.54. The third-order valence-electron chi connectivity index (χ3n) is 4.23. The molecule has 2 rings (SSSR count). The molecule has 7 nitrogen and oxygen atoms in total. The number of likely N-dealkylation sites (tertiary alicyclic amines) is 1. The SMILES string of the molecule is CCCC(NC(=O)C1CC(=O)N(CCOc2ccccc2Cl)C1)C(=O)O. The average molecular weight is 383 g/mol. The molecule has 0 aliphatic carbocycles. The van der Waals surface area contributed by atoms with Crippen molar-refractivity contribution in [1.29, 1.82) is 0 Å².